The molecule has 0 aliphatic carbocycles. The Kier molecular flexibility index (Phi) is 4.46. The molecule has 0 bridgehead atoms. The van der Waals surface area contributed by atoms with Crippen molar-refractivity contribution in [3.05, 3.63) is 29.6 Å². The van der Waals surface area contributed by atoms with Crippen LogP contribution in [0.5, 0.6) is 0 Å². The van der Waals surface area contributed by atoms with E-state index >= 15 is 0 Å². The van der Waals surface area contributed by atoms with Gasteiger partial charge in [-0.1, -0.05) is 0 Å². The van der Waals surface area contributed by atoms with Crippen LogP contribution in [0.4, 0.5) is 13.2 Å². The van der Waals surface area contributed by atoms with Gasteiger partial charge in [-0.05, 0) is 6.07 Å². The predicted molar refractivity (Wildman–Crippen MR) is 67.3 cm³/mol. The van der Waals surface area contributed by atoms with Gasteiger partial charge in [0.25, 0.3) is 0 Å². The minimum Gasteiger partial charge on any atom is -0.312 e. The van der Waals surface area contributed by atoms with E-state index in [0.29, 0.717) is 0 Å². The fraction of sp³-hybridized carbons (Fsp3) is 0.500. The molecule has 1 fully saturated rings. The highest BCUT2D eigenvalue weighted by Gasteiger charge is 2.35. The number of nitrogens with one attached hydrogen (secondary N) is 1. The SMILES string of the molecule is O=C(CC1CSCCN1)c1cnccc1C(F)(F)F. The molecule has 3 nitrogen and oxygen atoms in total. The van der Waals surface area contributed by atoms with Gasteiger partial charge in [0.05, 0.1) is 5.56 Å². The summed E-state index contributed by atoms with van der Waals surface area (Å²) in [6.07, 6.45) is -2.40. The molecule has 0 saturated carbocycles. The minimum absolute atomic E-state index is 0.0625. The van der Waals surface area contributed by atoms with Gasteiger partial charge >= 0.3 is 6.18 Å². The van der Waals surface area contributed by atoms with E-state index in [1.165, 1.54) is 0 Å². The Morgan fingerprint density at radius 2 is 2.32 bits per heavy atom. The molecule has 1 N–H and O–H groups in total. The Morgan fingerprint density at radius 3 is 2.95 bits per heavy atom. The third-order valence-electron chi connectivity index (χ3n) is 2.86. The van der Waals surface area contributed by atoms with E-state index in [1.807, 2.05) is 0 Å². The highest BCUT2D eigenvalue weighted by atomic mass is 32.2. The second kappa shape index (κ2) is 5.92. The van der Waals surface area contributed by atoms with Crippen molar-refractivity contribution < 1.29 is 18.0 Å². The number of nitrogens with zero attached hydrogens (tertiary/aromatic N) is 1. The van der Waals surface area contributed by atoms with Gasteiger partial charge in [-0.15, -0.1) is 0 Å². The van der Waals surface area contributed by atoms with Crippen molar-refractivity contribution in [3.63, 3.8) is 0 Å². The number of aromatic nitrogens is 1. The summed E-state index contributed by atoms with van der Waals surface area (Å²) in [4.78, 5) is 15.6. The van der Waals surface area contributed by atoms with Gasteiger partial charge in [0.2, 0.25) is 0 Å². The number of Topliss-reactive ketones (excluding diaryl/α,β-unsaturated/α-hetero) is 1. The molecule has 1 aromatic heterocycles. The lowest BCUT2D eigenvalue weighted by Crippen LogP contribution is -2.39. The van der Waals surface area contributed by atoms with Gasteiger partial charge < -0.3 is 5.32 Å². The Bertz CT molecular complexity index is 459. The first-order chi connectivity index (χ1) is 8.98. The zero-order valence-electron chi connectivity index (χ0n) is 10.0. The van der Waals surface area contributed by atoms with Crippen molar-refractivity contribution in [3.8, 4) is 0 Å². The molecule has 2 rings (SSSR count). The van der Waals surface area contributed by atoms with Crippen molar-refractivity contribution >= 4 is 17.5 Å². The molecule has 1 aliphatic heterocycles. The highest BCUT2D eigenvalue weighted by molar-refractivity contribution is 7.99. The smallest absolute Gasteiger partial charge is 0.312 e. The van der Waals surface area contributed by atoms with Crippen molar-refractivity contribution in [1.82, 2.24) is 10.3 Å². The Labute approximate surface area is 113 Å². The van der Waals surface area contributed by atoms with Crippen LogP contribution in [0.15, 0.2) is 18.5 Å². The number of thioether (sulfide) groups is 1. The molecule has 19 heavy (non-hydrogen) atoms. The molecule has 2 heterocycles. The maximum absolute atomic E-state index is 12.8. The van der Waals surface area contributed by atoms with Gasteiger partial charge in [0.1, 0.15) is 0 Å². The lowest BCUT2D eigenvalue weighted by molar-refractivity contribution is -0.138. The van der Waals surface area contributed by atoms with Crippen molar-refractivity contribution in [2.24, 2.45) is 0 Å². The first-order valence-corrected chi connectivity index (χ1v) is 6.99. The standard InChI is InChI=1S/C12H13F3N2OS/c13-12(14,15)10-1-2-16-6-9(10)11(18)5-8-7-19-4-3-17-8/h1-2,6,8,17H,3-5,7H2. The molecule has 0 amide bonds. The average molecular weight is 290 g/mol. The monoisotopic (exact) mass is 290 g/mol. The van der Waals surface area contributed by atoms with Crippen LogP contribution in [-0.2, 0) is 6.18 Å². The molecular formula is C12H13F3N2OS. The molecule has 1 aliphatic rings. The average Bonchev–Trinajstić information content (AvgIpc) is 2.39. The van der Waals surface area contributed by atoms with Crippen LogP contribution in [-0.4, -0.2) is 34.9 Å². The van der Waals surface area contributed by atoms with Crippen LogP contribution in [0.1, 0.15) is 22.3 Å². The van der Waals surface area contributed by atoms with E-state index in [-0.39, 0.29) is 18.0 Å². The van der Waals surface area contributed by atoms with E-state index in [9.17, 15) is 18.0 Å². The molecule has 0 radical (unpaired) electrons. The fourth-order valence-corrected chi connectivity index (χ4v) is 2.90. The van der Waals surface area contributed by atoms with Crippen molar-refractivity contribution in [2.75, 3.05) is 18.1 Å². The first-order valence-electron chi connectivity index (χ1n) is 5.84. The number of carbonyl (C=O) groups excluding carboxylic acids is 1. The molecule has 0 spiro atoms. The number of carbonyl (C=O) groups is 1. The quantitative estimate of drug-likeness (QED) is 0.868. The Hall–Kier alpha value is -1.08. The number of ketones is 1. The number of alkyl halides is 3. The van der Waals surface area contributed by atoms with Crippen LogP contribution in [0.25, 0.3) is 0 Å². The second-order valence-electron chi connectivity index (χ2n) is 4.27. The van der Waals surface area contributed by atoms with Gasteiger partial charge in [-0.3, -0.25) is 9.78 Å². The van der Waals surface area contributed by atoms with E-state index in [2.05, 4.69) is 10.3 Å². The number of hydrogen-bond donors (Lipinski definition) is 1. The normalized spacial score (nSPS) is 20.3. The summed E-state index contributed by atoms with van der Waals surface area (Å²) < 4.78 is 38.4. The lowest BCUT2D eigenvalue weighted by atomic mass is 10.0. The maximum Gasteiger partial charge on any atom is 0.417 e. The van der Waals surface area contributed by atoms with Crippen LogP contribution >= 0.6 is 11.8 Å². The molecule has 7 heteroatoms. The lowest BCUT2D eigenvalue weighted by Gasteiger charge is -2.22. The van der Waals surface area contributed by atoms with Crippen LogP contribution < -0.4 is 5.32 Å². The van der Waals surface area contributed by atoms with Crippen molar-refractivity contribution in [2.45, 2.75) is 18.6 Å². The maximum atomic E-state index is 12.8. The van der Waals surface area contributed by atoms with E-state index in [0.717, 1.165) is 36.5 Å². The summed E-state index contributed by atoms with van der Waals surface area (Å²) in [7, 11) is 0. The molecule has 1 saturated heterocycles. The summed E-state index contributed by atoms with van der Waals surface area (Å²) in [6, 6.07) is 0.781. The summed E-state index contributed by atoms with van der Waals surface area (Å²) in [5.74, 6) is 1.19. The summed E-state index contributed by atoms with van der Waals surface area (Å²) in [5, 5.41) is 3.13. The van der Waals surface area contributed by atoms with E-state index in [4.69, 9.17) is 0 Å². The number of hydrogen-bond acceptors (Lipinski definition) is 4. The molecule has 1 aromatic rings. The zero-order chi connectivity index (χ0) is 13.9. The Morgan fingerprint density at radius 1 is 1.53 bits per heavy atom. The summed E-state index contributed by atoms with van der Waals surface area (Å²) in [5.41, 5.74) is -1.25. The van der Waals surface area contributed by atoms with Crippen LogP contribution in [0, 0.1) is 0 Å². The third-order valence-corrected chi connectivity index (χ3v) is 3.99. The fourth-order valence-electron chi connectivity index (χ4n) is 1.95. The Balaban J connectivity index is 2.14. The van der Waals surface area contributed by atoms with E-state index < -0.39 is 17.5 Å². The number of rotatable bonds is 3. The van der Waals surface area contributed by atoms with Gasteiger partial charge in [0.15, 0.2) is 5.78 Å². The minimum atomic E-state index is -4.53. The summed E-state index contributed by atoms with van der Waals surface area (Å²) >= 11 is 1.70. The van der Waals surface area contributed by atoms with Gasteiger partial charge in [-0.2, -0.15) is 24.9 Å². The first kappa shape index (κ1) is 14.3. The van der Waals surface area contributed by atoms with Gasteiger partial charge in [-0.25, -0.2) is 0 Å². The van der Waals surface area contributed by atoms with Crippen LogP contribution in [0.3, 0.4) is 0 Å². The number of pyridine rings is 1. The number of halogens is 3. The molecule has 1 unspecified atom stereocenters. The topological polar surface area (TPSA) is 42.0 Å². The molecule has 1 atom stereocenters. The van der Waals surface area contributed by atoms with E-state index in [1.54, 1.807) is 11.8 Å². The summed E-state index contributed by atoms with van der Waals surface area (Å²) in [6.45, 7) is 0.780. The van der Waals surface area contributed by atoms with Crippen LogP contribution in [0.2, 0.25) is 0 Å². The molecule has 104 valence electrons. The third kappa shape index (κ3) is 3.70. The van der Waals surface area contributed by atoms with Crippen molar-refractivity contribution in [1.29, 1.82) is 0 Å². The van der Waals surface area contributed by atoms with Gasteiger partial charge in [0, 0.05) is 48.5 Å². The zero-order valence-corrected chi connectivity index (χ0v) is 10.9. The highest BCUT2D eigenvalue weighted by Crippen LogP contribution is 2.32. The second-order valence-corrected chi connectivity index (χ2v) is 5.42. The molecular weight excluding hydrogens is 277 g/mol. The molecule has 0 aromatic carbocycles. The predicted octanol–water partition coefficient (Wildman–Crippen LogP) is 2.38. The largest absolute Gasteiger partial charge is 0.417 e.